The van der Waals surface area contributed by atoms with Crippen molar-refractivity contribution >= 4 is 17.9 Å². The van der Waals surface area contributed by atoms with E-state index < -0.39 is 6.10 Å². The summed E-state index contributed by atoms with van der Waals surface area (Å²) in [5, 5.41) is 0. The lowest BCUT2D eigenvalue weighted by Crippen LogP contribution is -2.30. The third kappa shape index (κ3) is 66.0. The van der Waals surface area contributed by atoms with Crippen LogP contribution in [0.5, 0.6) is 0 Å². The lowest BCUT2D eigenvalue weighted by atomic mass is 10.0. The Morgan fingerprint density at radius 1 is 0.259 bits per heavy atom. The van der Waals surface area contributed by atoms with Gasteiger partial charge in [0, 0.05) is 19.3 Å². The smallest absolute Gasteiger partial charge is 0.306 e. The van der Waals surface area contributed by atoms with Crippen molar-refractivity contribution < 1.29 is 28.6 Å². The summed E-state index contributed by atoms with van der Waals surface area (Å²) in [6, 6.07) is 0. The zero-order valence-electron chi connectivity index (χ0n) is 52.5. The van der Waals surface area contributed by atoms with Crippen molar-refractivity contribution in [1.82, 2.24) is 0 Å². The highest BCUT2D eigenvalue weighted by Crippen LogP contribution is 2.16. The molecule has 6 heteroatoms. The summed E-state index contributed by atoms with van der Waals surface area (Å²) in [6.45, 7) is 6.40. The summed E-state index contributed by atoms with van der Waals surface area (Å²) < 4.78 is 16.9. The largest absolute Gasteiger partial charge is 0.462 e. The van der Waals surface area contributed by atoms with Gasteiger partial charge in [-0.25, -0.2) is 0 Å². The predicted octanol–water partition coefficient (Wildman–Crippen LogP) is 23.1. The molecule has 0 aromatic heterocycles. The van der Waals surface area contributed by atoms with Crippen molar-refractivity contribution in [1.29, 1.82) is 0 Å². The number of ether oxygens (including phenoxy) is 3. The van der Waals surface area contributed by atoms with E-state index in [9.17, 15) is 14.4 Å². The molecule has 0 rings (SSSR count). The quantitative estimate of drug-likeness (QED) is 0.0261. The van der Waals surface area contributed by atoms with Gasteiger partial charge < -0.3 is 14.2 Å². The van der Waals surface area contributed by atoms with Gasteiger partial charge in [-0.3, -0.25) is 14.4 Å². The van der Waals surface area contributed by atoms with Crippen molar-refractivity contribution in [3.63, 3.8) is 0 Å². The highest BCUT2D eigenvalue weighted by molar-refractivity contribution is 5.71. The lowest BCUT2D eigenvalue weighted by Gasteiger charge is -2.18. The van der Waals surface area contributed by atoms with Crippen molar-refractivity contribution in [2.45, 2.75) is 297 Å². The Bertz CT molecular complexity index is 1760. The van der Waals surface area contributed by atoms with Gasteiger partial charge in [0.15, 0.2) is 6.10 Å². The van der Waals surface area contributed by atoms with Crippen LogP contribution in [0.4, 0.5) is 0 Å². The van der Waals surface area contributed by atoms with Crippen LogP contribution in [0.25, 0.3) is 0 Å². The van der Waals surface area contributed by atoms with Gasteiger partial charge in [0.25, 0.3) is 0 Å². The van der Waals surface area contributed by atoms with Crippen LogP contribution >= 0.6 is 0 Å². The van der Waals surface area contributed by atoms with Gasteiger partial charge in [0.05, 0.1) is 0 Å². The number of allylic oxidation sites excluding steroid dienone is 24. The molecule has 0 bridgehead atoms. The highest BCUT2D eigenvalue weighted by atomic mass is 16.6. The van der Waals surface area contributed by atoms with Crippen molar-refractivity contribution in [2.24, 2.45) is 0 Å². The van der Waals surface area contributed by atoms with Gasteiger partial charge in [-0.05, 0) is 122 Å². The third-order valence-corrected chi connectivity index (χ3v) is 13.8. The molecule has 1 atom stereocenters. The maximum absolute atomic E-state index is 12.9. The number of hydrogen-bond acceptors (Lipinski definition) is 6. The summed E-state index contributed by atoms with van der Waals surface area (Å²) in [4.78, 5) is 38.4. The summed E-state index contributed by atoms with van der Waals surface area (Å²) >= 11 is 0. The number of carbonyl (C=O) groups excluding carboxylic acids is 3. The summed E-state index contributed by atoms with van der Waals surface area (Å²) in [5.41, 5.74) is 0. The minimum Gasteiger partial charge on any atom is -0.462 e. The van der Waals surface area contributed by atoms with Gasteiger partial charge in [-0.1, -0.05) is 295 Å². The van der Waals surface area contributed by atoms with Gasteiger partial charge in [0.2, 0.25) is 0 Å². The Labute approximate surface area is 499 Å². The topological polar surface area (TPSA) is 78.9 Å². The van der Waals surface area contributed by atoms with Crippen LogP contribution in [-0.4, -0.2) is 37.2 Å². The first-order chi connectivity index (χ1) is 40.0. The van der Waals surface area contributed by atoms with Crippen molar-refractivity contribution in [2.75, 3.05) is 13.2 Å². The molecule has 0 N–H and O–H groups in total. The Morgan fingerprint density at radius 3 is 0.753 bits per heavy atom. The summed E-state index contributed by atoms with van der Waals surface area (Å²) in [7, 11) is 0. The second-order valence-corrected chi connectivity index (χ2v) is 21.6. The standard InChI is InChI=1S/C75H122O6/c1-4-7-10-13-16-19-22-25-28-30-32-33-34-35-36-37-38-39-40-41-43-44-47-50-53-56-59-62-65-68-74(77)80-71-72(70-79-73(76)67-64-61-58-55-52-49-46-27-24-21-18-15-12-9-6-3)81-75(78)69-66-63-60-57-54-51-48-45-42-31-29-26-23-20-17-14-11-8-5-2/h7-8,10-11,16-17,19-20,25-26,28-29,32-33,35-36,38-39,41-43,45,47,50,72H,4-6,9,12-15,18,21-24,27,30-31,34,37,40,44,46,48-49,51-71H2,1-3H3/b10-7-,11-8-,19-16-,20-17-,28-25-,29-26-,33-32-,36-35-,39-38-,43-41-,45-42-,50-47-. The van der Waals surface area contributed by atoms with E-state index in [1.807, 2.05) is 0 Å². The number of hydrogen-bond donors (Lipinski definition) is 0. The Kier molecular flexibility index (Phi) is 63.9. The predicted molar refractivity (Wildman–Crippen MR) is 352 cm³/mol. The molecule has 0 aromatic carbocycles. The molecular weight excluding hydrogens is 997 g/mol. The molecular formula is C75H122O6. The first-order valence-corrected chi connectivity index (χ1v) is 33.3. The van der Waals surface area contributed by atoms with Gasteiger partial charge in [-0.2, -0.15) is 0 Å². The molecule has 0 aliphatic carbocycles. The zero-order valence-corrected chi connectivity index (χ0v) is 52.5. The average molecular weight is 1120 g/mol. The Morgan fingerprint density at radius 2 is 0.481 bits per heavy atom. The molecule has 81 heavy (non-hydrogen) atoms. The normalized spacial score (nSPS) is 13.1. The molecule has 6 nitrogen and oxygen atoms in total. The molecule has 0 saturated heterocycles. The second kappa shape index (κ2) is 67.8. The van der Waals surface area contributed by atoms with E-state index in [0.717, 1.165) is 161 Å². The van der Waals surface area contributed by atoms with Crippen LogP contribution in [0, 0.1) is 0 Å². The minimum absolute atomic E-state index is 0.0946. The van der Waals surface area contributed by atoms with E-state index in [4.69, 9.17) is 14.2 Å². The van der Waals surface area contributed by atoms with E-state index in [1.165, 1.54) is 89.9 Å². The fraction of sp³-hybridized carbons (Fsp3) is 0.640. The molecule has 0 amide bonds. The van der Waals surface area contributed by atoms with Crippen LogP contribution in [0.15, 0.2) is 146 Å². The van der Waals surface area contributed by atoms with Crippen LogP contribution in [0.2, 0.25) is 0 Å². The fourth-order valence-corrected chi connectivity index (χ4v) is 8.92. The SMILES string of the molecule is CC/C=C\C/C=C\C/C=C\C/C=C\C/C=C\C/C=C\C/C=C\C/C=C\CCCCCCC(=O)OCC(COC(=O)CCCCCCCCCCCCCCCCC)OC(=O)CCCCCCCC/C=C\C/C=C\C/C=C\C/C=C\CC. The minimum atomic E-state index is -0.803. The maximum Gasteiger partial charge on any atom is 0.306 e. The monoisotopic (exact) mass is 1120 g/mol. The second-order valence-electron chi connectivity index (χ2n) is 21.6. The van der Waals surface area contributed by atoms with E-state index >= 15 is 0 Å². The average Bonchev–Trinajstić information content (AvgIpc) is 3.47. The van der Waals surface area contributed by atoms with E-state index in [0.29, 0.717) is 19.3 Å². The molecule has 0 fully saturated rings. The molecule has 0 aliphatic rings. The fourth-order valence-electron chi connectivity index (χ4n) is 8.92. The molecule has 1 unspecified atom stereocenters. The molecule has 0 radical (unpaired) electrons. The van der Waals surface area contributed by atoms with E-state index in [1.54, 1.807) is 0 Å². The number of unbranched alkanes of at least 4 members (excludes halogenated alkanes) is 24. The summed E-state index contributed by atoms with van der Waals surface area (Å²) in [6.07, 6.45) is 97.1. The van der Waals surface area contributed by atoms with Gasteiger partial charge >= 0.3 is 17.9 Å². The zero-order chi connectivity index (χ0) is 58.5. The van der Waals surface area contributed by atoms with E-state index in [2.05, 4.69) is 167 Å². The molecule has 0 spiro atoms. The number of rotatable bonds is 59. The Balaban J connectivity index is 4.44. The van der Waals surface area contributed by atoms with Crippen LogP contribution in [0.1, 0.15) is 290 Å². The van der Waals surface area contributed by atoms with Gasteiger partial charge in [0.1, 0.15) is 13.2 Å². The first-order valence-electron chi connectivity index (χ1n) is 33.3. The molecule has 0 aliphatic heterocycles. The van der Waals surface area contributed by atoms with Crippen LogP contribution in [-0.2, 0) is 28.6 Å². The van der Waals surface area contributed by atoms with E-state index in [-0.39, 0.29) is 31.1 Å². The lowest BCUT2D eigenvalue weighted by molar-refractivity contribution is -0.167. The third-order valence-electron chi connectivity index (χ3n) is 13.8. The molecule has 458 valence electrons. The van der Waals surface area contributed by atoms with Gasteiger partial charge in [-0.15, -0.1) is 0 Å². The van der Waals surface area contributed by atoms with Crippen molar-refractivity contribution in [3.8, 4) is 0 Å². The Hall–Kier alpha value is -4.71. The number of esters is 3. The molecule has 0 saturated carbocycles. The molecule has 0 aromatic rings. The number of carbonyl (C=O) groups is 3. The highest BCUT2D eigenvalue weighted by Gasteiger charge is 2.19. The molecule has 0 heterocycles. The maximum atomic E-state index is 12.9. The summed E-state index contributed by atoms with van der Waals surface area (Å²) in [5.74, 6) is -0.931. The van der Waals surface area contributed by atoms with Crippen LogP contribution < -0.4 is 0 Å². The van der Waals surface area contributed by atoms with Crippen molar-refractivity contribution in [3.05, 3.63) is 146 Å². The van der Waals surface area contributed by atoms with Crippen LogP contribution in [0.3, 0.4) is 0 Å². The first kappa shape index (κ1) is 76.3.